The van der Waals surface area contributed by atoms with Crippen LogP contribution < -0.4 is 10.2 Å². The second kappa shape index (κ2) is 7.85. The highest BCUT2D eigenvalue weighted by Gasteiger charge is 2.49. The van der Waals surface area contributed by atoms with Crippen molar-refractivity contribution >= 4 is 39.1 Å². The molecule has 2 amide bonds. The zero-order valence-corrected chi connectivity index (χ0v) is 19.5. The number of aromatic nitrogens is 1. The summed E-state index contributed by atoms with van der Waals surface area (Å²) in [7, 11) is 0. The Balaban J connectivity index is 1.57. The summed E-state index contributed by atoms with van der Waals surface area (Å²) in [6.07, 6.45) is 0. The minimum atomic E-state index is -1.15. The maximum Gasteiger partial charge on any atom is 0.275 e. The third-order valence-corrected chi connectivity index (χ3v) is 7.28. The molecule has 33 heavy (non-hydrogen) atoms. The van der Waals surface area contributed by atoms with Gasteiger partial charge in [0.25, 0.3) is 5.91 Å². The van der Waals surface area contributed by atoms with Gasteiger partial charge in [0.15, 0.2) is 0 Å². The molecular weight excluding hydrogens is 437 g/mol. The van der Waals surface area contributed by atoms with Crippen molar-refractivity contribution in [2.24, 2.45) is 0 Å². The molecule has 0 fully saturated rings. The molecular formula is C26H24FN3O2S. The van der Waals surface area contributed by atoms with Crippen LogP contribution in [0.15, 0.2) is 60.0 Å². The molecule has 1 aliphatic heterocycles. The molecule has 0 aliphatic carbocycles. The molecule has 2 aromatic carbocycles. The molecule has 3 heterocycles. The van der Waals surface area contributed by atoms with E-state index < -0.39 is 5.54 Å². The van der Waals surface area contributed by atoms with Crippen LogP contribution in [0.4, 0.5) is 10.1 Å². The number of carbonyl (C=O) groups is 2. The summed E-state index contributed by atoms with van der Waals surface area (Å²) in [5.74, 6) is -0.781. The Hall–Kier alpha value is -3.45. The van der Waals surface area contributed by atoms with Gasteiger partial charge < -0.3 is 9.88 Å². The molecule has 5 nitrogen and oxygen atoms in total. The number of hydrogen-bond acceptors (Lipinski definition) is 3. The van der Waals surface area contributed by atoms with E-state index in [0.717, 1.165) is 32.6 Å². The zero-order chi connectivity index (χ0) is 23.3. The molecule has 0 spiro atoms. The van der Waals surface area contributed by atoms with E-state index in [1.54, 1.807) is 28.4 Å². The van der Waals surface area contributed by atoms with Crippen molar-refractivity contribution in [3.63, 3.8) is 0 Å². The number of anilines is 1. The van der Waals surface area contributed by atoms with Crippen molar-refractivity contribution in [1.82, 2.24) is 9.88 Å². The fraction of sp³-hybridized carbons (Fsp3) is 0.231. The predicted molar refractivity (Wildman–Crippen MR) is 129 cm³/mol. The lowest BCUT2D eigenvalue weighted by Gasteiger charge is -2.44. The molecule has 168 valence electrons. The van der Waals surface area contributed by atoms with Gasteiger partial charge in [0, 0.05) is 17.6 Å². The molecule has 0 unspecified atom stereocenters. The van der Waals surface area contributed by atoms with E-state index in [9.17, 15) is 14.0 Å². The molecule has 0 saturated carbocycles. The van der Waals surface area contributed by atoms with Gasteiger partial charge in [0.05, 0.1) is 6.54 Å². The molecule has 0 bridgehead atoms. The number of hydrogen-bond donors (Lipinski definition) is 1. The van der Waals surface area contributed by atoms with Crippen LogP contribution in [-0.2, 0) is 17.9 Å². The number of carbonyl (C=O) groups excluding carboxylic acids is 2. The largest absolute Gasteiger partial charge is 0.350 e. The Morgan fingerprint density at radius 2 is 1.88 bits per heavy atom. The first-order valence-corrected chi connectivity index (χ1v) is 11.7. The Labute approximate surface area is 195 Å². The lowest BCUT2D eigenvalue weighted by atomic mass is 9.92. The molecule has 4 aromatic rings. The van der Waals surface area contributed by atoms with E-state index in [4.69, 9.17) is 0 Å². The Kier molecular flexibility index (Phi) is 5.09. The highest BCUT2D eigenvalue weighted by Crippen LogP contribution is 2.38. The van der Waals surface area contributed by atoms with Gasteiger partial charge in [0.2, 0.25) is 5.91 Å². The number of nitrogens with zero attached hydrogens (tertiary/aromatic N) is 2. The first kappa shape index (κ1) is 21.4. The normalized spacial score (nSPS) is 17.9. The van der Waals surface area contributed by atoms with Gasteiger partial charge in [-0.3, -0.25) is 14.5 Å². The number of benzene rings is 2. The van der Waals surface area contributed by atoms with Crippen LogP contribution in [0.2, 0.25) is 0 Å². The van der Waals surface area contributed by atoms with E-state index in [0.29, 0.717) is 12.2 Å². The number of amides is 2. The van der Waals surface area contributed by atoms with E-state index in [1.807, 2.05) is 61.1 Å². The van der Waals surface area contributed by atoms with Crippen molar-refractivity contribution in [2.75, 3.05) is 4.90 Å². The topological polar surface area (TPSA) is 54.3 Å². The summed E-state index contributed by atoms with van der Waals surface area (Å²) in [5.41, 5.74) is 2.96. The Morgan fingerprint density at radius 3 is 2.61 bits per heavy atom. The van der Waals surface area contributed by atoms with Crippen LogP contribution in [0.3, 0.4) is 0 Å². The first-order chi connectivity index (χ1) is 15.8. The quantitative estimate of drug-likeness (QED) is 0.455. The molecule has 1 N–H and O–H groups in total. The van der Waals surface area contributed by atoms with E-state index in [1.165, 1.54) is 12.1 Å². The number of rotatable bonds is 4. The fourth-order valence-electron chi connectivity index (χ4n) is 4.61. The van der Waals surface area contributed by atoms with Crippen molar-refractivity contribution in [2.45, 2.75) is 39.4 Å². The maximum absolute atomic E-state index is 13.8. The van der Waals surface area contributed by atoms with Gasteiger partial charge in [-0.25, -0.2) is 4.39 Å². The third-order valence-electron chi connectivity index (χ3n) is 6.33. The van der Waals surface area contributed by atoms with Gasteiger partial charge in [-0.05, 0) is 67.6 Å². The van der Waals surface area contributed by atoms with E-state index in [2.05, 4.69) is 5.32 Å². The average molecular weight is 462 g/mol. The lowest BCUT2D eigenvalue weighted by Crippen LogP contribution is -2.64. The van der Waals surface area contributed by atoms with Gasteiger partial charge in [-0.15, -0.1) is 11.3 Å². The number of nitrogens with one attached hydrogen (secondary N) is 1. The number of aryl methyl sites for hydroxylation is 2. The molecule has 1 atom stereocenters. The van der Waals surface area contributed by atoms with Crippen molar-refractivity contribution < 1.29 is 14.0 Å². The van der Waals surface area contributed by atoms with Crippen LogP contribution >= 0.6 is 11.3 Å². The van der Waals surface area contributed by atoms with Crippen LogP contribution in [-0.4, -0.2) is 21.9 Å². The molecule has 7 heteroatoms. The van der Waals surface area contributed by atoms with E-state index >= 15 is 0 Å². The van der Waals surface area contributed by atoms with Crippen LogP contribution in [0.1, 0.15) is 34.1 Å². The Morgan fingerprint density at radius 1 is 1.12 bits per heavy atom. The van der Waals surface area contributed by atoms with Crippen molar-refractivity contribution in [1.29, 1.82) is 0 Å². The molecule has 5 rings (SSSR count). The standard InChI is InChI=1S/C26H24FN3O2S/c1-16-4-9-21(17(2)12-16)30-23(31)22-13-19-10-11-33-24(19)29(22)15-26(30,3)25(32)28-14-18-5-7-20(27)8-6-18/h4-13H,14-15H2,1-3H3,(H,28,32)/t26-/m1/s1. The average Bonchev–Trinajstić information content (AvgIpc) is 3.37. The fourth-order valence-corrected chi connectivity index (χ4v) is 5.50. The number of fused-ring (bicyclic) bond motifs is 3. The molecule has 0 saturated heterocycles. The van der Waals surface area contributed by atoms with Crippen LogP contribution in [0.5, 0.6) is 0 Å². The molecule has 0 radical (unpaired) electrons. The van der Waals surface area contributed by atoms with Crippen molar-refractivity contribution in [3.05, 3.63) is 88.2 Å². The van der Waals surface area contributed by atoms with Crippen LogP contribution in [0, 0.1) is 19.7 Å². The minimum absolute atomic E-state index is 0.198. The summed E-state index contributed by atoms with van der Waals surface area (Å²) in [6, 6.07) is 15.8. The zero-order valence-electron chi connectivity index (χ0n) is 18.7. The van der Waals surface area contributed by atoms with Crippen LogP contribution in [0.25, 0.3) is 10.2 Å². The summed E-state index contributed by atoms with van der Waals surface area (Å²) < 4.78 is 15.2. The van der Waals surface area contributed by atoms with Gasteiger partial charge in [-0.2, -0.15) is 0 Å². The first-order valence-electron chi connectivity index (χ1n) is 10.8. The number of thiophene rings is 1. The summed E-state index contributed by atoms with van der Waals surface area (Å²) in [5, 5.41) is 5.97. The lowest BCUT2D eigenvalue weighted by molar-refractivity contribution is -0.126. The second-order valence-electron chi connectivity index (χ2n) is 8.81. The SMILES string of the molecule is Cc1ccc(N2C(=O)c3cc4ccsc4n3C[C@]2(C)C(=O)NCc2ccc(F)cc2)c(C)c1. The minimum Gasteiger partial charge on any atom is -0.350 e. The smallest absolute Gasteiger partial charge is 0.275 e. The molecule has 2 aromatic heterocycles. The monoisotopic (exact) mass is 461 g/mol. The number of halogens is 1. The van der Waals surface area contributed by atoms with E-state index in [-0.39, 0.29) is 24.2 Å². The van der Waals surface area contributed by atoms with Gasteiger partial charge >= 0.3 is 0 Å². The molecule has 1 aliphatic rings. The highest BCUT2D eigenvalue weighted by atomic mass is 32.1. The maximum atomic E-state index is 13.8. The van der Waals surface area contributed by atoms with Crippen molar-refractivity contribution in [3.8, 4) is 0 Å². The summed E-state index contributed by atoms with van der Waals surface area (Å²) in [4.78, 5) is 30.1. The highest BCUT2D eigenvalue weighted by molar-refractivity contribution is 7.16. The summed E-state index contributed by atoms with van der Waals surface area (Å²) in [6.45, 7) is 6.35. The van der Waals surface area contributed by atoms with Gasteiger partial charge in [0.1, 0.15) is 21.9 Å². The summed E-state index contributed by atoms with van der Waals surface area (Å²) >= 11 is 1.56. The Bertz CT molecular complexity index is 1390. The third kappa shape index (κ3) is 3.53. The second-order valence-corrected chi connectivity index (χ2v) is 9.70. The predicted octanol–water partition coefficient (Wildman–Crippen LogP) is 5.19. The van der Waals surface area contributed by atoms with Gasteiger partial charge in [-0.1, -0.05) is 29.8 Å².